The van der Waals surface area contributed by atoms with Crippen LogP contribution in [0.4, 0.5) is 11.4 Å². The number of para-hydroxylation sites is 1. The first kappa shape index (κ1) is 23.2. The molecule has 0 saturated heterocycles. The number of amides is 1. The Kier molecular flexibility index (Phi) is 6.74. The van der Waals surface area contributed by atoms with Gasteiger partial charge in [0.05, 0.1) is 14.2 Å². The fourth-order valence-corrected chi connectivity index (χ4v) is 4.90. The van der Waals surface area contributed by atoms with Gasteiger partial charge in [0.25, 0.3) is 10.0 Å². The van der Waals surface area contributed by atoms with Crippen LogP contribution in [0.3, 0.4) is 0 Å². The third-order valence-corrected chi connectivity index (χ3v) is 6.78. The van der Waals surface area contributed by atoms with E-state index >= 15 is 0 Å². The fourth-order valence-electron chi connectivity index (χ4n) is 3.64. The minimum absolute atomic E-state index is 0.0831. The van der Waals surface area contributed by atoms with E-state index < -0.39 is 10.0 Å². The number of ether oxygens (including phenoxy) is 2. The SMILES string of the molecule is COc1ccc(NS(=O)(=O)c2cc(NC(=O)CCc3c[nH]c4ccccc34)ccc2OC)cc1. The van der Waals surface area contributed by atoms with Crippen molar-refractivity contribution in [1.29, 1.82) is 0 Å². The number of fused-ring (bicyclic) bond motifs is 1. The first-order chi connectivity index (χ1) is 16.4. The third-order valence-electron chi connectivity index (χ3n) is 5.38. The van der Waals surface area contributed by atoms with Crippen LogP contribution >= 0.6 is 0 Å². The summed E-state index contributed by atoms with van der Waals surface area (Å²) in [5, 5.41) is 3.86. The number of hydrogen-bond donors (Lipinski definition) is 3. The number of carbonyl (C=O) groups is 1. The van der Waals surface area contributed by atoms with E-state index in [9.17, 15) is 13.2 Å². The van der Waals surface area contributed by atoms with E-state index in [4.69, 9.17) is 9.47 Å². The second kappa shape index (κ2) is 9.88. The Labute approximate surface area is 198 Å². The fraction of sp³-hybridized carbons (Fsp3) is 0.160. The highest BCUT2D eigenvalue weighted by molar-refractivity contribution is 7.92. The number of H-pyrrole nitrogens is 1. The second-order valence-electron chi connectivity index (χ2n) is 7.61. The predicted octanol–water partition coefficient (Wildman–Crippen LogP) is 4.56. The Balaban J connectivity index is 1.48. The van der Waals surface area contributed by atoms with Crippen molar-refractivity contribution in [3.05, 3.63) is 78.5 Å². The van der Waals surface area contributed by atoms with Gasteiger partial charge < -0.3 is 19.8 Å². The molecule has 0 aliphatic heterocycles. The highest BCUT2D eigenvalue weighted by Gasteiger charge is 2.21. The van der Waals surface area contributed by atoms with Crippen LogP contribution < -0.4 is 19.5 Å². The van der Waals surface area contributed by atoms with Crippen molar-refractivity contribution in [2.24, 2.45) is 0 Å². The molecule has 9 heteroatoms. The van der Waals surface area contributed by atoms with Gasteiger partial charge in [-0.05, 0) is 60.5 Å². The molecular formula is C25H25N3O5S. The summed E-state index contributed by atoms with van der Waals surface area (Å²) in [6.45, 7) is 0. The molecule has 3 aromatic carbocycles. The van der Waals surface area contributed by atoms with Gasteiger partial charge >= 0.3 is 0 Å². The Hall–Kier alpha value is -3.98. The van der Waals surface area contributed by atoms with Crippen molar-refractivity contribution < 1.29 is 22.7 Å². The van der Waals surface area contributed by atoms with Crippen molar-refractivity contribution in [2.75, 3.05) is 24.3 Å². The van der Waals surface area contributed by atoms with E-state index in [-0.39, 0.29) is 23.0 Å². The highest BCUT2D eigenvalue weighted by Crippen LogP contribution is 2.29. The summed E-state index contributed by atoms with van der Waals surface area (Å²) < 4.78 is 39.0. The van der Waals surface area contributed by atoms with Gasteiger partial charge in [-0.15, -0.1) is 0 Å². The number of aromatic amines is 1. The van der Waals surface area contributed by atoms with Gasteiger partial charge in [-0.25, -0.2) is 8.42 Å². The predicted molar refractivity (Wildman–Crippen MR) is 132 cm³/mol. The van der Waals surface area contributed by atoms with Crippen LogP contribution in [0.1, 0.15) is 12.0 Å². The zero-order valence-corrected chi connectivity index (χ0v) is 19.6. The van der Waals surface area contributed by atoms with Crippen LogP contribution in [0, 0.1) is 0 Å². The Bertz CT molecular complexity index is 1410. The lowest BCUT2D eigenvalue weighted by molar-refractivity contribution is -0.116. The molecule has 4 rings (SSSR count). The minimum atomic E-state index is -3.98. The number of benzene rings is 3. The molecule has 176 valence electrons. The maximum Gasteiger partial charge on any atom is 0.265 e. The molecule has 0 saturated carbocycles. The summed E-state index contributed by atoms with van der Waals surface area (Å²) in [4.78, 5) is 15.7. The van der Waals surface area contributed by atoms with E-state index in [0.29, 0.717) is 23.5 Å². The van der Waals surface area contributed by atoms with E-state index in [1.165, 1.54) is 26.4 Å². The average molecular weight is 480 g/mol. The first-order valence-corrected chi connectivity index (χ1v) is 12.1. The molecule has 0 fully saturated rings. The smallest absolute Gasteiger partial charge is 0.265 e. The molecule has 1 aromatic heterocycles. The minimum Gasteiger partial charge on any atom is -0.497 e. The maximum atomic E-state index is 13.0. The number of methoxy groups -OCH3 is 2. The maximum absolute atomic E-state index is 13.0. The first-order valence-electron chi connectivity index (χ1n) is 10.6. The van der Waals surface area contributed by atoms with Gasteiger partial charge in [0, 0.05) is 34.9 Å². The number of rotatable bonds is 9. The normalized spacial score (nSPS) is 11.2. The summed E-state index contributed by atoms with van der Waals surface area (Å²) in [6, 6.07) is 18.9. The van der Waals surface area contributed by atoms with E-state index in [1.807, 2.05) is 30.5 Å². The van der Waals surface area contributed by atoms with Gasteiger partial charge in [-0.2, -0.15) is 0 Å². The molecule has 0 bridgehead atoms. The van der Waals surface area contributed by atoms with E-state index in [0.717, 1.165) is 16.5 Å². The lowest BCUT2D eigenvalue weighted by atomic mass is 10.1. The lowest BCUT2D eigenvalue weighted by Gasteiger charge is -2.14. The standard InChI is InChI=1S/C25H25N3O5S/c1-32-20-11-8-18(9-12-20)28-34(30,31)24-15-19(10-13-23(24)33-2)27-25(29)14-7-17-16-26-22-6-4-3-5-21(17)22/h3-6,8-13,15-16,26,28H,7,14H2,1-2H3,(H,27,29). The molecule has 0 atom stereocenters. The summed E-state index contributed by atoms with van der Waals surface area (Å²) >= 11 is 0. The van der Waals surface area contributed by atoms with Crippen LogP contribution in [0.5, 0.6) is 11.5 Å². The monoisotopic (exact) mass is 479 g/mol. The van der Waals surface area contributed by atoms with E-state index in [1.54, 1.807) is 30.3 Å². The molecule has 0 aliphatic rings. The van der Waals surface area contributed by atoms with Gasteiger partial charge in [-0.1, -0.05) is 18.2 Å². The van der Waals surface area contributed by atoms with Gasteiger partial charge in [-0.3, -0.25) is 9.52 Å². The number of anilines is 2. The zero-order valence-electron chi connectivity index (χ0n) is 18.8. The van der Waals surface area contributed by atoms with Crippen LogP contribution in [-0.4, -0.2) is 33.5 Å². The van der Waals surface area contributed by atoms with Gasteiger partial charge in [0.15, 0.2) is 0 Å². The quantitative estimate of drug-likeness (QED) is 0.326. The van der Waals surface area contributed by atoms with Crippen molar-refractivity contribution in [3.8, 4) is 11.5 Å². The Morgan fingerprint density at radius 2 is 1.68 bits per heavy atom. The molecule has 34 heavy (non-hydrogen) atoms. The Morgan fingerprint density at radius 3 is 2.41 bits per heavy atom. The van der Waals surface area contributed by atoms with Gasteiger partial charge in [0.1, 0.15) is 16.4 Å². The molecule has 0 unspecified atom stereocenters. The van der Waals surface area contributed by atoms with Crippen molar-refractivity contribution in [2.45, 2.75) is 17.7 Å². The molecule has 1 amide bonds. The molecule has 3 N–H and O–H groups in total. The number of nitrogens with one attached hydrogen (secondary N) is 3. The molecular weight excluding hydrogens is 454 g/mol. The molecule has 0 aliphatic carbocycles. The number of aryl methyl sites for hydroxylation is 1. The van der Waals surface area contributed by atoms with Crippen LogP contribution in [0.25, 0.3) is 10.9 Å². The van der Waals surface area contributed by atoms with Crippen LogP contribution in [0.15, 0.2) is 77.8 Å². The van der Waals surface area contributed by atoms with Crippen LogP contribution in [-0.2, 0) is 21.2 Å². The summed E-state index contributed by atoms with van der Waals surface area (Å²) in [7, 11) is -1.06. The molecule has 1 heterocycles. The van der Waals surface area contributed by atoms with Crippen molar-refractivity contribution in [3.63, 3.8) is 0 Å². The molecule has 4 aromatic rings. The summed E-state index contributed by atoms with van der Waals surface area (Å²) in [6.07, 6.45) is 2.71. The number of sulfonamides is 1. The topological polar surface area (TPSA) is 110 Å². The highest BCUT2D eigenvalue weighted by atomic mass is 32.2. The molecule has 8 nitrogen and oxygen atoms in total. The number of hydrogen-bond acceptors (Lipinski definition) is 5. The zero-order chi connectivity index (χ0) is 24.1. The van der Waals surface area contributed by atoms with Crippen LogP contribution in [0.2, 0.25) is 0 Å². The molecule has 0 spiro atoms. The Morgan fingerprint density at radius 1 is 0.941 bits per heavy atom. The summed E-state index contributed by atoms with van der Waals surface area (Å²) in [5.74, 6) is 0.553. The van der Waals surface area contributed by atoms with Crippen molar-refractivity contribution in [1.82, 2.24) is 4.98 Å². The molecule has 0 radical (unpaired) electrons. The number of aromatic nitrogens is 1. The van der Waals surface area contributed by atoms with E-state index in [2.05, 4.69) is 15.0 Å². The average Bonchev–Trinajstić information content (AvgIpc) is 3.26. The second-order valence-corrected chi connectivity index (χ2v) is 9.26. The summed E-state index contributed by atoms with van der Waals surface area (Å²) in [5.41, 5.74) is 2.80. The largest absolute Gasteiger partial charge is 0.497 e. The third kappa shape index (κ3) is 5.15. The number of carbonyl (C=O) groups excluding carboxylic acids is 1. The van der Waals surface area contributed by atoms with Gasteiger partial charge in [0.2, 0.25) is 5.91 Å². The van der Waals surface area contributed by atoms with Crippen molar-refractivity contribution >= 4 is 38.2 Å². The lowest BCUT2D eigenvalue weighted by Crippen LogP contribution is -2.16.